The Labute approximate surface area is 158 Å². The molecule has 0 bridgehead atoms. The third-order valence-electron chi connectivity index (χ3n) is 3.78. The van der Waals surface area contributed by atoms with Crippen molar-refractivity contribution in [1.29, 1.82) is 0 Å². The maximum atomic E-state index is 13.1. The molecule has 2 aromatic rings. The first-order valence-corrected chi connectivity index (χ1v) is 8.25. The fourth-order valence-electron chi connectivity index (χ4n) is 2.56. The van der Waals surface area contributed by atoms with Crippen LogP contribution in [0.4, 0.5) is 8.78 Å². The molecule has 1 amide bonds. The van der Waals surface area contributed by atoms with Crippen molar-refractivity contribution in [1.82, 2.24) is 10.2 Å². The average molecular weight is 384 g/mol. The zero-order valence-corrected chi connectivity index (χ0v) is 15.3. The highest BCUT2D eigenvalue weighted by Crippen LogP contribution is 2.07. The zero-order valence-electron chi connectivity index (χ0n) is 14.5. The molecule has 2 aromatic carbocycles. The number of carbonyl (C=O) groups is 1. The first-order valence-electron chi connectivity index (χ1n) is 8.25. The molecular weight excluding hydrogens is 360 g/mol. The lowest BCUT2D eigenvalue weighted by Crippen LogP contribution is -2.40. The molecule has 0 saturated heterocycles. The summed E-state index contributed by atoms with van der Waals surface area (Å²) in [5, 5.41) is 2.69. The second-order valence-corrected chi connectivity index (χ2v) is 5.85. The van der Waals surface area contributed by atoms with Crippen LogP contribution in [0.3, 0.4) is 0 Å². The number of hydrogen-bond donors (Lipinski definition) is 2. The highest BCUT2D eigenvalue weighted by molar-refractivity contribution is 5.85. The Morgan fingerprint density at radius 3 is 2.27 bits per heavy atom. The molecule has 2 rings (SSSR count). The standard InChI is InChI=1S/C19H23F2N3O.ClH/c20-17-10-16(11-18(21)12-17)13-23-19(25)14-24(9-7-22)8-6-15-4-2-1-3-5-15;/h1-5,10-12H,6-9,13-14,22H2,(H,23,25);1H. The summed E-state index contributed by atoms with van der Waals surface area (Å²) < 4.78 is 26.3. The normalized spacial score (nSPS) is 10.5. The molecule has 0 radical (unpaired) electrons. The van der Waals surface area contributed by atoms with Crippen LogP contribution < -0.4 is 11.1 Å². The molecule has 4 nitrogen and oxygen atoms in total. The quantitative estimate of drug-likeness (QED) is 0.699. The van der Waals surface area contributed by atoms with Crippen molar-refractivity contribution in [2.24, 2.45) is 5.73 Å². The van der Waals surface area contributed by atoms with Gasteiger partial charge in [-0.25, -0.2) is 8.78 Å². The Kier molecular flexibility index (Phi) is 9.80. The summed E-state index contributed by atoms with van der Waals surface area (Å²) in [5.41, 5.74) is 7.20. The first-order chi connectivity index (χ1) is 12.1. The van der Waals surface area contributed by atoms with E-state index in [-0.39, 0.29) is 31.4 Å². The van der Waals surface area contributed by atoms with Gasteiger partial charge >= 0.3 is 0 Å². The van der Waals surface area contributed by atoms with Gasteiger partial charge in [0, 0.05) is 32.2 Å². The number of carbonyl (C=O) groups excluding carboxylic acids is 1. The largest absolute Gasteiger partial charge is 0.351 e. The van der Waals surface area contributed by atoms with Gasteiger partial charge in [0.15, 0.2) is 0 Å². The van der Waals surface area contributed by atoms with Crippen LogP contribution in [-0.2, 0) is 17.8 Å². The van der Waals surface area contributed by atoms with E-state index in [1.807, 2.05) is 35.2 Å². The zero-order chi connectivity index (χ0) is 18.1. The van der Waals surface area contributed by atoms with Crippen LogP contribution >= 0.6 is 12.4 Å². The lowest BCUT2D eigenvalue weighted by Gasteiger charge is -2.21. The number of nitrogens with one attached hydrogen (secondary N) is 1. The monoisotopic (exact) mass is 383 g/mol. The maximum Gasteiger partial charge on any atom is 0.234 e. The summed E-state index contributed by atoms with van der Waals surface area (Å²) in [6.45, 7) is 2.06. The SMILES string of the molecule is Cl.NCCN(CCc1ccccc1)CC(=O)NCc1cc(F)cc(F)c1. The molecule has 142 valence electrons. The van der Waals surface area contributed by atoms with E-state index < -0.39 is 11.6 Å². The third-order valence-corrected chi connectivity index (χ3v) is 3.78. The molecule has 3 N–H and O–H groups in total. The van der Waals surface area contributed by atoms with Crippen molar-refractivity contribution in [2.75, 3.05) is 26.2 Å². The Balaban J connectivity index is 0.00000338. The molecule has 0 spiro atoms. The number of rotatable bonds is 9. The molecule has 0 unspecified atom stereocenters. The Morgan fingerprint density at radius 2 is 1.65 bits per heavy atom. The van der Waals surface area contributed by atoms with Gasteiger partial charge in [-0.3, -0.25) is 9.69 Å². The summed E-state index contributed by atoms with van der Waals surface area (Å²) in [5.74, 6) is -1.51. The smallest absolute Gasteiger partial charge is 0.234 e. The molecular formula is C19H24ClF2N3O. The first kappa shape index (κ1) is 22.0. The number of nitrogens with zero attached hydrogens (tertiary/aromatic N) is 1. The molecule has 0 aliphatic rings. The van der Waals surface area contributed by atoms with E-state index >= 15 is 0 Å². The van der Waals surface area contributed by atoms with Gasteiger partial charge < -0.3 is 11.1 Å². The van der Waals surface area contributed by atoms with Crippen molar-refractivity contribution < 1.29 is 13.6 Å². The number of halogens is 3. The van der Waals surface area contributed by atoms with Gasteiger partial charge in [-0.05, 0) is 29.7 Å². The number of amides is 1. The van der Waals surface area contributed by atoms with Crippen LogP contribution in [0.2, 0.25) is 0 Å². The summed E-state index contributed by atoms with van der Waals surface area (Å²) in [4.78, 5) is 14.1. The fraction of sp³-hybridized carbons (Fsp3) is 0.316. The van der Waals surface area contributed by atoms with Crippen molar-refractivity contribution in [3.8, 4) is 0 Å². The van der Waals surface area contributed by atoms with Crippen LogP contribution in [0.15, 0.2) is 48.5 Å². The number of benzene rings is 2. The summed E-state index contributed by atoms with van der Waals surface area (Å²) >= 11 is 0. The highest BCUT2D eigenvalue weighted by Gasteiger charge is 2.10. The van der Waals surface area contributed by atoms with E-state index in [2.05, 4.69) is 5.32 Å². The van der Waals surface area contributed by atoms with Crippen molar-refractivity contribution in [3.63, 3.8) is 0 Å². The van der Waals surface area contributed by atoms with Crippen LogP contribution in [0.1, 0.15) is 11.1 Å². The van der Waals surface area contributed by atoms with Crippen LogP contribution in [-0.4, -0.2) is 37.0 Å². The molecule has 0 aromatic heterocycles. The van der Waals surface area contributed by atoms with Crippen LogP contribution in [0.25, 0.3) is 0 Å². The van der Waals surface area contributed by atoms with Gasteiger partial charge in [0.05, 0.1) is 6.54 Å². The van der Waals surface area contributed by atoms with E-state index in [9.17, 15) is 13.6 Å². The molecule has 0 atom stereocenters. The van der Waals surface area contributed by atoms with E-state index in [0.29, 0.717) is 25.2 Å². The van der Waals surface area contributed by atoms with E-state index in [1.54, 1.807) is 0 Å². The van der Waals surface area contributed by atoms with E-state index in [1.165, 1.54) is 17.7 Å². The lowest BCUT2D eigenvalue weighted by atomic mass is 10.1. The van der Waals surface area contributed by atoms with Crippen molar-refractivity contribution in [2.45, 2.75) is 13.0 Å². The second kappa shape index (κ2) is 11.6. The van der Waals surface area contributed by atoms with Gasteiger partial charge in [0.25, 0.3) is 0 Å². The molecule has 0 aliphatic carbocycles. The molecule has 0 saturated carbocycles. The maximum absolute atomic E-state index is 13.1. The van der Waals surface area contributed by atoms with Crippen molar-refractivity contribution >= 4 is 18.3 Å². The topological polar surface area (TPSA) is 58.4 Å². The summed E-state index contributed by atoms with van der Waals surface area (Å²) in [6, 6.07) is 13.2. The average Bonchev–Trinajstić information content (AvgIpc) is 2.58. The minimum absolute atomic E-state index is 0. The minimum atomic E-state index is -0.656. The molecule has 0 fully saturated rings. The van der Waals surface area contributed by atoms with Gasteiger partial charge in [0.1, 0.15) is 11.6 Å². The van der Waals surface area contributed by atoms with Gasteiger partial charge in [-0.2, -0.15) is 0 Å². The van der Waals surface area contributed by atoms with E-state index in [4.69, 9.17) is 5.73 Å². The highest BCUT2D eigenvalue weighted by atomic mass is 35.5. The molecule has 0 heterocycles. The summed E-state index contributed by atoms with van der Waals surface area (Å²) in [6.07, 6.45) is 0.823. The Morgan fingerprint density at radius 1 is 1.00 bits per heavy atom. The van der Waals surface area contributed by atoms with Gasteiger partial charge in [0.2, 0.25) is 5.91 Å². The third kappa shape index (κ3) is 7.91. The molecule has 26 heavy (non-hydrogen) atoms. The van der Waals surface area contributed by atoms with Gasteiger partial charge in [-0.15, -0.1) is 12.4 Å². The fourth-order valence-corrected chi connectivity index (χ4v) is 2.56. The molecule has 7 heteroatoms. The Hall–Kier alpha value is -2.02. The van der Waals surface area contributed by atoms with E-state index in [0.717, 1.165) is 12.5 Å². The second-order valence-electron chi connectivity index (χ2n) is 5.85. The lowest BCUT2D eigenvalue weighted by molar-refractivity contribution is -0.122. The van der Waals surface area contributed by atoms with Gasteiger partial charge in [-0.1, -0.05) is 30.3 Å². The van der Waals surface area contributed by atoms with Crippen molar-refractivity contribution in [3.05, 3.63) is 71.3 Å². The summed E-state index contributed by atoms with van der Waals surface area (Å²) in [7, 11) is 0. The van der Waals surface area contributed by atoms with Crippen LogP contribution in [0, 0.1) is 11.6 Å². The number of nitrogens with two attached hydrogens (primary N) is 1. The van der Waals surface area contributed by atoms with Crippen LogP contribution in [0.5, 0.6) is 0 Å². The number of hydrogen-bond acceptors (Lipinski definition) is 3. The Bertz CT molecular complexity index is 665. The molecule has 0 aliphatic heterocycles. The minimum Gasteiger partial charge on any atom is -0.351 e. The predicted octanol–water partition coefficient (Wildman–Crippen LogP) is 2.51. The predicted molar refractivity (Wildman–Crippen MR) is 101 cm³/mol.